The van der Waals surface area contributed by atoms with Crippen molar-refractivity contribution < 1.29 is 14.0 Å². The summed E-state index contributed by atoms with van der Waals surface area (Å²) in [5.41, 5.74) is 2.89. The molecule has 3 aromatic rings. The number of nitriles is 1. The van der Waals surface area contributed by atoms with Crippen LogP contribution in [0.3, 0.4) is 0 Å². The first kappa shape index (κ1) is 28.2. The molecule has 3 aliphatic rings. The van der Waals surface area contributed by atoms with Gasteiger partial charge >= 0.3 is 0 Å². The van der Waals surface area contributed by atoms with Crippen molar-refractivity contribution in [2.24, 2.45) is 0 Å². The van der Waals surface area contributed by atoms with Crippen molar-refractivity contribution in [1.29, 1.82) is 5.26 Å². The number of hydroxylamine groups is 1. The standard InChI is InChI=1S/C31H37FN8O2/c1-37-10-12-39(13-11-37)25-5-8-38(9-6-25)26-3-4-27(29(18-26)41-2)36-30-19-31(35-21-34-30)40-28(7-14-42-40)23-15-22(20-33)16-24(32)17-23/h3-4,15-19,21,25,28H,5-14H2,1-2H3,(H,34,35,36). The lowest BCUT2D eigenvalue weighted by molar-refractivity contribution is 0.0982. The highest BCUT2D eigenvalue weighted by atomic mass is 19.1. The van der Waals surface area contributed by atoms with Crippen molar-refractivity contribution in [2.75, 3.05) is 75.3 Å². The van der Waals surface area contributed by atoms with Crippen molar-refractivity contribution in [1.82, 2.24) is 19.8 Å². The van der Waals surface area contributed by atoms with Gasteiger partial charge in [-0.05, 0) is 55.8 Å². The van der Waals surface area contributed by atoms with Crippen LogP contribution in [-0.4, -0.2) is 85.8 Å². The molecule has 220 valence electrons. The summed E-state index contributed by atoms with van der Waals surface area (Å²) in [4.78, 5) is 22.2. The smallest absolute Gasteiger partial charge is 0.158 e. The molecule has 0 aliphatic carbocycles. The van der Waals surface area contributed by atoms with Crippen molar-refractivity contribution in [3.05, 3.63) is 65.7 Å². The molecule has 0 amide bonds. The van der Waals surface area contributed by atoms with Crippen LogP contribution in [0.4, 0.5) is 27.4 Å². The Balaban J connectivity index is 1.13. The van der Waals surface area contributed by atoms with Gasteiger partial charge in [0.05, 0.1) is 37.1 Å². The molecule has 3 saturated heterocycles. The minimum Gasteiger partial charge on any atom is -0.494 e. The Morgan fingerprint density at radius 1 is 1.00 bits per heavy atom. The van der Waals surface area contributed by atoms with Crippen molar-refractivity contribution in [3.63, 3.8) is 0 Å². The van der Waals surface area contributed by atoms with Crippen molar-refractivity contribution in [3.8, 4) is 11.8 Å². The van der Waals surface area contributed by atoms with Crippen LogP contribution in [0.5, 0.6) is 5.75 Å². The molecular weight excluding hydrogens is 535 g/mol. The molecular formula is C31H37FN8O2. The number of nitrogens with zero attached hydrogens (tertiary/aromatic N) is 7. The van der Waals surface area contributed by atoms with Gasteiger partial charge in [0, 0.05) is 69.6 Å². The van der Waals surface area contributed by atoms with Gasteiger partial charge < -0.3 is 19.9 Å². The second kappa shape index (κ2) is 12.5. The van der Waals surface area contributed by atoms with E-state index in [0.717, 1.165) is 56.4 Å². The number of ether oxygens (including phenoxy) is 1. The topological polar surface area (TPSA) is 93.0 Å². The number of hydrogen-bond acceptors (Lipinski definition) is 10. The van der Waals surface area contributed by atoms with E-state index in [2.05, 4.69) is 49.2 Å². The summed E-state index contributed by atoms with van der Waals surface area (Å²) in [5.74, 6) is 1.39. The van der Waals surface area contributed by atoms with E-state index >= 15 is 0 Å². The molecule has 1 unspecified atom stereocenters. The zero-order valence-corrected chi connectivity index (χ0v) is 24.2. The van der Waals surface area contributed by atoms with Crippen molar-refractivity contribution in [2.45, 2.75) is 31.3 Å². The number of benzene rings is 2. The third kappa shape index (κ3) is 6.11. The van der Waals surface area contributed by atoms with Gasteiger partial charge in [-0.1, -0.05) is 0 Å². The van der Waals surface area contributed by atoms with Crippen LogP contribution < -0.4 is 20.0 Å². The lowest BCUT2D eigenvalue weighted by Crippen LogP contribution is -2.52. The lowest BCUT2D eigenvalue weighted by Gasteiger charge is -2.42. The second-order valence-corrected chi connectivity index (χ2v) is 11.2. The maximum atomic E-state index is 14.2. The number of piperidine rings is 1. The number of likely N-dealkylation sites (N-methyl/N-ethyl adjacent to an activating group) is 1. The van der Waals surface area contributed by atoms with Crippen LogP contribution in [0.2, 0.25) is 0 Å². The molecule has 4 heterocycles. The Kier molecular flexibility index (Phi) is 8.37. The second-order valence-electron chi connectivity index (χ2n) is 11.2. The zero-order chi connectivity index (χ0) is 29.1. The first-order valence-electron chi connectivity index (χ1n) is 14.6. The predicted molar refractivity (Wildman–Crippen MR) is 160 cm³/mol. The average Bonchev–Trinajstić information content (AvgIpc) is 3.52. The molecule has 0 spiro atoms. The molecule has 3 fully saturated rings. The van der Waals surface area contributed by atoms with Gasteiger partial charge in [-0.25, -0.2) is 19.4 Å². The number of piperazine rings is 1. The highest BCUT2D eigenvalue weighted by Crippen LogP contribution is 2.37. The Bertz CT molecular complexity index is 1430. The van der Waals surface area contributed by atoms with E-state index in [4.69, 9.17) is 9.57 Å². The van der Waals surface area contributed by atoms with Gasteiger partial charge in [-0.2, -0.15) is 5.26 Å². The number of anilines is 4. The van der Waals surface area contributed by atoms with Crippen LogP contribution in [0, 0.1) is 17.1 Å². The number of rotatable bonds is 7. The van der Waals surface area contributed by atoms with E-state index in [1.165, 1.54) is 31.3 Å². The predicted octanol–water partition coefficient (Wildman–Crippen LogP) is 4.34. The maximum Gasteiger partial charge on any atom is 0.158 e. The first-order valence-corrected chi connectivity index (χ1v) is 14.6. The van der Waals surface area contributed by atoms with Gasteiger partial charge in [0.25, 0.3) is 0 Å². The summed E-state index contributed by atoms with van der Waals surface area (Å²) in [5, 5.41) is 14.3. The lowest BCUT2D eigenvalue weighted by atomic mass is 10.0. The third-order valence-electron chi connectivity index (χ3n) is 8.55. The largest absolute Gasteiger partial charge is 0.494 e. The van der Waals surface area contributed by atoms with Crippen LogP contribution in [0.15, 0.2) is 48.8 Å². The van der Waals surface area contributed by atoms with Crippen LogP contribution in [0.1, 0.15) is 36.4 Å². The molecule has 1 aromatic heterocycles. The summed E-state index contributed by atoms with van der Waals surface area (Å²) < 4.78 is 19.9. The monoisotopic (exact) mass is 572 g/mol. The summed E-state index contributed by atoms with van der Waals surface area (Å²) in [6, 6.07) is 14.8. The number of nitrogens with one attached hydrogen (secondary N) is 1. The minimum atomic E-state index is -0.448. The van der Waals surface area contributed by atoms with Gasteiger partial charge in [0.15, 0.2) is 5.82 Å². The SMILES string of the molecule is COc1cc(N2CCC(N3CCN(C)CC3)CC2)ccc1Nc1cc(N2OCCC2c2cc(F)cc(C#N)c2)ncn1. The van der Waals surface area contributed by atoms with E-state index in [0.29, 0.717) is 36.3 Å². The highest BCUT2D eigenvalue weighted by Gasteiger charge is 2.30. The molecule has 1 N–H and O–H groups in total. The Labute approximate surface area is 246 Å². The fourth-order valence-electron chi connectivity index (χ4n) is 6.20. The molecule has 0 saturated carbocycles. The molecule has 6 rings (SSSR count). The number of hydrogen-bond donors (Lipinski definition) is 1. The molecule has 11 heteroatoms. The molecule has 42 heavy (non-hydrogen) atoms. The number of aromatic nitrogens is 2. The van der Waals surface area contributed by atoms with Crippen molar-refractivity contribution >= 4 is 23.0 Å². The molecule has 0 radical (unpaired) electrons. The van der Waals surface area contributed by atoms with E-state index < -0.39 is 5.82 Å². The van der Waals surface area contributed by atoms with E-state index in [1.54, 1.807) is 24.3 Å². The van der Waals surface area contributed by atoms with Crippen LogP contribution in [0.25, 0.3) is 0 Å². The van der Waals surface area contributed by atoms with E-state index in [-0.39, 0.29) is 11.6 Å². The quantitative estimate of drug-likeness (QED) is 0.441. The van der Waals surface area contributed by atoms with E-state index in [1.807, 2.05) is 12.1 Å². The Hall–Kier alpha value is -3.98. The van der Waals surface area contributed by atoms with Gasteiger partial charge in [-0.3, -0.25) is 9.74 Å². The number of methoxy groups -OCH3 is 1. The van der Waals surface area contributed by atoms with Crippen LogP contribution >= 0.6 is 0 Å². The normalized spacial score (nSPS) is 20.5. The zero-order valence-electron chi connectivity index (χ0n) is 24.2. The molecule has 10 nitrogen and oxygen atoms in total. The maximum absolute atomic E-state index is 14.2. The van der Waals surface area contributed by atoms with Crippen LogP contribution in [-0.2, 0) is 4.84 Å². The first-order chi connectivity index (χ1) is 20.5. The van der Waals surface area contributed by atoms with Gasteiger partial charge in [0.1, 0.15) is 23.7 Å². The highest BCUT2D eigenvalue weighted by molar-refractivity contribution is 5.70. The summed E-state index contributed by atoms with van der Waals surface area (Å²) in [6.45, 7) is 7.15. The summed E-state index contributed by atoms with van der Waals surface area (Å²) in [6.07, 6.45) is 4.45. The Morgan fingerprint density at radius 3 is 2.57 bits per heavy atom. The van der Waals surface area contributed by atoms with Gasteiger partial charge in [-0.15, -0.1) is 0 Å². The number of halogens is 1. The fourth-order valence-corrected chi connectivity index (χ4v) is 6.20. The summed E-state index contributed by atoms with van der Waals surface area (Å²) >= 11 is 0. The Morgan fingerprint density at radius 2 is 1.81 bits per heavy atom. The molecule has 2 aromatic carbocycles. The van der Waals surface area contributed by atoms with Gasteiger partial charge in [0.2, 0.25) is 0 Å². The fraction of sp³-hybridized carbons (Fsp3) is 0.452. The molecule has 1 atom stereocenters. The average molecular weight is 573 g/mol. The molecule has 0 bridgehead atoms. The third-order valence-corrected chi connectivity index (χ3v) is 8.55. The molecule has 3 aliphatic heterocycles. The minimum absolute atomic E-state index is 0.273. The summed E-state index contributed by atoms with van der Waals surface area (Å²) in [7, 11) is 3.88. The van der Waals surface area contributed by atoms with E-state index in [9.17, 15) is 9.65 Å².